The molecule has 0 bridgehead atoms. The number of aromatic amines is 1. The zero-order chi connectivity index (χ0) is 14.7. The third-order valence-electron chi connectivity index (χ3n) is 3.87. The Labute approximate surface area is 122 Å². The summed E-state index contributed by atoms with van der Waals surface area (Å²) in [5, 5.41) is 6.98. The van der Waals surface area contributed by atoms with Crippen molar-refractivity contribution in [3.05, 3.63) is 47.5 Å². The molecule has 2 N–H and O–H groups in total. The molecule has 1 aliphatic carbocycles. The Kier molecular flexibility index (Phi) is 3.96. The largest absolute Gasteiger partial charge is 0.282 e. The van der Waals surface area contributed by atoms with Crippen LogP contribution in [-0.4, -0.2) is 21.1 Å². The Morgan fingerprint density at radius 2 is 2.29 bits per heavy atom. The van der Waals surface area contributed by atoms with E-state index in [1.54, 1.807) is 18.6 Å². The van der Waals surface area contributed by atoms with Crippen LogP contribution in [0.5, 0.6) is 0 Å². The maximum atomic E-state index is 12.3. The van der Waals surface area contributed by atoms with Crippen molar-refractivity contribution in [2.75, 3.05) is 0 Å². The van der Waals surface area contributed by atoms with Crippen LogP contribution < -0.4 is 5.48 Å². The van der Waals surface area contributed by atoms with Crippen LogP contribution in [0.4, 0.5) is 0 Å². The Bertz CT molecular complexity index is 611. The summed E-state index contributed by atoms with van der Waals surface area (Å²) in [4.78, 5) is 21.7. The number of amides is 1. The summed E-state index contributed by atoms with van der Waals surface area (Å²) in [6.45, 7) is 1.89. The van der Waals surface area contributed by atoms with Gasteiger partial charge in [-0.1, -0.05) is 0 Å². The van der Waals surface area contributed by atoms with E-state index >= 15 is 0 Å². The minimum Gasteiger partial charge on any atom is -0.282 e. The zero-order valence-electron chi connectivity index (χ0n) is 11.9. The molecule has 0 radical (unpaired) electrons. The lowest BCUT2D eigenvalue weighted by atomic mass is 9.87. The lowest BCUT2D eigenvalue weighted by molar-refractivity contribution is -0.140. The average Bonchev–Trinajstić information content (AvgIpc) is 3.01. The normalized spacial score (nSPS) is 18.8. The molecule has 6 nitrogen and oxygen atoms in total. The third-order valence-corrected chi connectivity index (χ3v) is 3.87. The van der Waals surface area contributed by atoms with Crippen molar-refractivity contribution < 1.29 is 9.63 Å². The van der Waals surface area contributed by atoms with Gasteiger partial charge in [0.25, 0.3) is 5.91 Å². The van der Waals surface area contributed by atoms with Crippen LogP contribution in [0.15, 0.2) is 30.7 Å². The first-order valence-corrected chi connectivity index (χ1v) is 7.13. The lowest BCUT2D eigenvalue weighted by Crippen LogP contribution is -2.32. The molecule has 2 heterocycles. The van der Waals surface area contributed by atoms with E-state index in [4.69, 9.17) is 4.84 Å². The van der Waals surface area contributed by atoms with Crippen molar-refractivity contribution in [2.24, 2.45) is 0 Å². The van der Waals surface area contributed by atoms with Gasteiger partial charge in [0.15, 0.2) is 0 Å². The number of aromatic nitrogens is 3. The Morgan fingerprint density at radius 3 is 3.10 bits per heavy atom. The van der Waals surface area contributed by atoms with Gasteiger partial charge >= 0.3 is 0 Å². The van der Waals surface area contributed by atoms with Crippen LogP contribution in [0.25, 0.3) is 0 Å². The van der Waals surface area contributed by atoms with Crippen LogP contribution >= 0.6 is 0 Å². The summed E-state index contributed by atoms with van der Waals surface area (Å²) in [7, 11) is 0. The van der Waals surface area contributed by atoms with E-state index in [0.29, 0.717) is 0 Å². The van der Waals surface area contributed by atoms with Crippen molar-refractivity contribution in [3.8, 4) is 0 Å². The number of fused-ring (bicyclic) bond motifs is 1. The molecule has 0 fully saturated rings. The summed E-state index contributed by atoms with van der Waals surface area (Å²) in [5.74, 6) is -0.296. The Hall–Kier alpha value is -2.21. The number of nitrogens with zero attached hydrogens (tertiary/aromatic N) is 2. The second-order valence-corrected chi connectivity index (χ2v) is 5.26. The van der Waals surface area contributed by atoms with E-state index in [2.05, 4.69) is 20.7 Å². The SMILES string of the molecule is C[C@H](ONC(=O)C1CCCc2[nH]ncc21)c1ccncc1. The topological polar surface area (TPSA) is 79.9 Å². The number of pyridine rings is 1. The summed E-state index contributed by atoms with van der Waals surface area (Å²) in [6.07, 6.45) is 7.69. The van der Waals surface area contributed by atoms with E-state index in [-0.39, 0.29) is 17.9 Å². The number of hydroxylamine groups is 1. The van der Waals surface area contributed by atoms with Gasteiger partial charge in [-0.15, -0.1) is 0 Å². The number of hydrogen-bond acceptors (Lipinski definition) is 4. The van der Waals surface area contributed by atoms with E-state index in [1.807, 2.05) is 19.1 Å². The van der Waals surface area contributed by atoms with Gasteiger partial charge in [-0.2, -0.15) is 5.10 Å². The quantitative estimate of drug-likeness (QED) is 0.843. The molecule has 110 valence electrons. The van der Waals surface area contributed by atoms with Crippen molar-refractivity contribution in [2.45, 2.75) is 38.2 Å². The van der Waals surface area contributed by atoms with Gasteiger partial charge in [0, 0.05) is 23.7 Å². The molecule has 0 saturated heterocycles. The van der Waals surface area contributed by atoms with Crippen LogP contribution in [-0.2, 0) is 16.1 Å². The van der Waals surface area contributed by atoms with E-state index in [9.17, 15) is 4.79 Å². The number of rotatable bonds is 4. The zero-order valence-corrected chi connectivity index (χ0v) is 11.9. The predicted molar refractivity (Wildman–Crippen MR) is 76.1 cm³/mol. The maximum Gasteiger partial charge on any atom is 0.251 e. The molecule has 0 aromatic carbocycles. The van der Waals surface area contributed by atoms with Gasteiger partial charge in [-0.05, 0) is 43.9 Å². The third kappa shape index (κ3) is 2.95. The fourth-order valence-electron chi connectivity index (χ4n) is 2.65. The first kappa shape index (κ1) is 13.8. The molecular weight excluding hydrogens is 268 g/mol. The van der Waals surface area contributed by atoms with Gasteiger partial charge < -0.3 is 0 Å². The molecule has 21 heavy (non-hydrogen) atoms. The molecular formula is C15H18N4O2. The number of aryl methyl sites for hydroxylation is 1. The fraction of sp³-hybridized carbons (Fsp3) is 0.400. The molecule has 0 saturated carbocycles. The molecule has 2 aromatic rings. The molecule has 6 heteroatoms. The molecule has 3 rings (SSSR count). The minimum absolute atomic E-state index is 0.113. The van der Waals surface area contributed by atoms with E-state index in [1.165, 1.54) is 0 Å². The highest BCUT2D eigenvalue weighted by molar-refractivity contribution is 5.83. The van der Waals surface area contributed by atoms with Gasteiger partial charge in [0.1, 0.15) is 6.10 Å². The molecule has 0 aliphatic heterocycles. The first-order chi connectivity index (χ1) is 10.3. The number of carbonyl (C=O) groups excluding carboxylic acids is 1. The summed E-state index contributed by atoms with van der Waals surface area (Å²) in [5.41, 5.74) is 5.59. The standard InChI is InChI=1S/C15H18N4O2/c1-10(11-5-7-16-8-6-11)21-19-15(20)12-3-2-4-14-13(12)9-17-18-14/h5-10,12H,2-4H2,1H3,(H,17,18)(H,19,20)/t10-,12?/m0/s1. The number of carbonyl (C=O) groups is 1. The van der Waals surface area contributed by atoms with Crippen molar-refractivity contribution >= 4 is 5.91 Å². The smallest absolute Gasteiger partial charge is 0.251 e. The van der Waals surface area contributed by atoms with Crippen molar-refractivity contribution in [1.82, 2.24) is 20.7 Å². The average molecular weight is 286 g/mol. The van der Waals surface area contributed by atoms with Crippen LogP contribution in [0.1, 0.15) is 48.6 Å². The number of nitrogens with one attached hydrogen (secondary N) is 2. The van der Waals surface area contributed by atoms with Gasteiger partial charge in [-0.25, -0.2) is 5.48 Å². The van der Waals surface area contributed by atoms with E-state index in [0.717, 1.165) is 36.1 Å². The Morgan fingerprint density at radius 1 is 1.48 bits per heavy atom. The molecule has 2 aromatic heterocycles. The fourth-order valence-corrected chi connectivity index (χ4v) is 2.65. The second kappa shape index (κ2) is 6.05. The molecule has 1 aliphatic rings. The molecule has 1 unspecified atom stereocenters. The number of H-pyrrole nitrogens is 1. The maximum absolute atomic E-state index is 12.3. The highest BCUT2D eigenvalue weighted by Gasteiger charge is 2.28. The first-order valence-electron chi connectivity index (χ1n) is 7.13. The van der Waals surface area contributed by atoms with Gasteiger partial charge in [0.05, 0.1) is 12.1 Å². The van der Waals surface area contributed by atoms with Crippen molar-refractivity contribution in [1.29, 1.82) is 0 Å². The van der Waals surface area contributed by atoms with Gasteiger partial charge in [-0.3, -0.25) is 19.7 Å². The summed E-state index contributed by atoms with van der Waals surface area (Å²) >= 11 is 0. The van der Waals surface area contributed by atoms with Crippen LogP contribution in [0.2, 0.25) is 0 Å². The predicted octanol–water partition coefficient (Wildman–Crippen LogP) is 2.03. The molecule has 1 amide bonds. The highest BCUT2D eigenvalue weighted by Crippen LogP contribution is 2.30. The number of hydrogen-bond donors (Lipinski definition) is 2. The van der Waals surface area contributed by atoms with Crippen molar-refractivity contribution in [3.63, 3.8) is 0 Å². The molecule has 0 spiro atoms. The highest BCUT2D eigenvalue weighted by atomic mass is 16.7. The summed E-state index contributed by atoms with van der Waals surface area (Å²) < 4.78 is 0. The van der Waals surface area contributed by atoms with E-state index < -0.39 is 0 Å². The Balaban J connectivity index is 1.61. The summed E-state index contributed by atoms with van der Waals surface area (Å²) in [6, 6.07) is 3.73. The monoisotopic (exact) mass is 286 g/mol. The molecule has 2 atom stereocenters. The van der Waals surface area contributed by atoms with Gasteiger partial charge in [0.2, 0.25) is 0 Å². The van der Waals surface area contributed by atoms with Crippen LogP contribution in [0.3, 0.4) is 0 Å². The van der Waals surface area contributed by atoms with Crippen LogP contribution in [0, 0.1) is 0 Å². The second-order valence-electron chi connectivity index (χ2n) is 5.26. The lowest BCUT2D eigenvalue weighted by Gasteiger charge is -2.22. The minimum atomic E-state index is -0.218.